The summed E-state index contributed by atoms with van der Waals surface area (Å²) < 4.78 is 0. The van der Waals surface area contributed by atoms with Gasteiger partial charge in [0, 0.05) is 20.2 Å². The average molecular weight is 267 g/mol. The van der Waals surface area contributed by atoms with E-state index in [4.69, 9.17) is 0 Å². The van der Waals surface area contributed by atoms with Gasteiger partial charge in [-0.1, -0.05) is 12.1 Å². The van der Waals surface area contributed by atoms with Crippen LogP contribution in [0.25, 0.3) is 0 Å². The first-order chi connectivity index (χ1) is 9.52. The number of aromatic nitrogens is 1. The first-order valence-electron chi connectivity index (χ1n) is 6.49. The Hall–Kier alpha value is -2.54. The molecule has 2 rings (SSSR count). The maximum absolute atomic E-state index is 9.41. The number of H-pyrrole nitrogens is 1. The highest BCUT2D eigenvalue weighted by atomic mass is 15.1. The van der Waals surface area contributed by atoms with E-state index in [9.17, 15) is 5.26 Å². The van der Waals surface area contributed by atoms with E-state index in [1.54, 1.807) is 0 Å². The largest absolute Gasteiger partial charge is 0.376 e. The highest BCUT2D eigenvalue weighted by Gasteiger charge is 2.17. The first-order valence-corrected chi connectivity index (χ1v) is 6.49. The van der Waals surface area contributed by atoms with Gasteiger partial charge in [0.15, 0.2) is 5.56 Å². The molecule has 1 heterocycles. The van der Waals surface area contributed by atoms with Gasteiger partial charge in [0.1, 0.15) is 11.8 Å². The monoisotopic (exact) mass is 267 g/mol. The van der Waals surface area contributed by atoms with Crippen molar-refractivity contribution in [3.63, 3.8) is 0 Å². The van der Waals surface area contributed by atoms with Gasteiger partial charge in [-0.05, 0) is 31.0 Å². The molecule has 0 atom stereocenters. The van der Waals surface area contributed by atoms with Crippen molar-refractivity contribution in [2.75, 3.05) is 24.3 Å². The third kappa shape index (κ3) is 2.72. The lowest BCUT2D eigenvalue weighted by Gasteiger charge is -2.14. The zero-order valence-electron chi connectivity index (χ0n) is 12.3. The zero-order valence-corrected chi connectivity index (χ0v) is 12.3. The summed E-state index contributed by atoms with van der Waals surface area (Å²) in [6.07, 6.45) is 1.84. The molecule has 20 heavy (non-hydrogen) atoms. The fraction of sp³-hybridized carbons (Fsp3) is 0.250. The van der Waals surface area contributed by atoms with Crippen molar-refractivity contribution >= 4 is 17.2 Å². The van der Waals surface area contributed by atoms with E-state index in [1.165, 1.54) is 5.56 Å². The molecule has 0 saturated carbocycles. The Morgan fingerprint density at radius 3 is 2.60 bits per heavy atom. The van der Waals surface area contributed by atoms with Gasteiger partial charge in [-0.2, -0.15) is 5.26 Å². The van der Waals surface area contributed by atoms with E-state index in [0.29, 0.717) is 11.4 Å². The number of benzene rings is 1. The number of nitrogens with zero attached hydrogens (tertiary/aromatic N) is 2. The van der Waals surface area contributed by atoms with Crippen LogP contribution < -0.4 is 15.2 Å². The fourth-order valence-corrected chi connectivity index (χ4v) is 2.08. The van der Waals surface area contributed by atoms with Crippen LogP contribution in [0.5, 0.6) is 0 Å². The topological polar surface area (TPSA) is 53.2 Å². The molecule has 1 aromatic carbocycles. The van der Waals surface area contributed by atoms with E-state index in [1.807, 2.05) is 38.2 Å². The van der Waals surface area contributed by atoms with Crippen molar-refractivity contribution in [1.82, 2.24) is 0 Å². The summed E-state index contributed by atoms with van der Waals surface area (Å²) in [5, 5.41) is 12.7. The van der Waals surface area contributed by atoms with Gasteiger partial charge >= 0.3 is 0 Å². The molecule has 2 aromatic rings. The molecule has 0 radical (unpaired) electrons. The summed E-state index contributed by atoms with van der Waals surface area (Å²) in [6, 6.07) is 10.4. The number of aromatic amines is 1. The molecule has 4 nitrogen and oxygen atoms in total. The number of nitrogens with one attached hydrogen (secondary N) is 2. The molecular formula is C16H19N4+. The Kier molecular flexibility index (Phi) is 3.90. The Morgan fingerprint density at radius 2 is 1.95 bits per heavy atom. The van der Waals surface area contributed by atoms with Crippen molar-refractivity contribution < 1.29 is 4.98 Å². The van der Waals surface area contributed by atoms with Gasteiger partial charge in [0.25, 0.3) is 5.82 Å². The van der Waals surface area contributed by atoms with Gasteiger partial charge in [-0.15, -0.1) is 0 Å². The van der Waals surface area contributed by atoms with Crippen molar-refractivity contribution in [1.29, 1.82) is 5.26 Å². The van der Waals surface area contributed by atoms with Gasteiger partial charge < -0.3 is 4.90 Å². The van der Waals surface area contributed by atoms with Crippen molar-refractivity contribution in [2.45, 2.75) is 13.8 Å². The quantitative estimate of drug-likeness (QED) is 0.930. The Bertz CT molecular complexity index is 669. The maximum atomic E-state index is 9.41. The van der Waals surface area contributed by atoms with Gasteiger partial charge in [0.2, 0.25) is 0 Å². The minimum atomic E-state index is 0.610. The molecule has 0 aliphatic rings. The Morgan fingerprint density at radius 1 is 1.20 bits per heavy atom. The van der Waals surface area contributed by atoms with E-state index in [-0.39, 0.29) is 0 Å². The second-order valence-corrected chi connectivity index (χ2v) is 5.06. The van der Waals surface area contributed by atoms with Gasteiger partial charge in [-0.3, -0.25) is 0 Å². The molecule has 102 valence electrons. The van der Waals surface area contributed by atoms with Crippen LogP contribution in [0.15, 0.2) is 30.5 Å². The number of hydrogen-bond donors (Lipinski definition) is 1. The van der Waals surface area contributed by atoms with Crippen LogP contribution in [-0.4, -0.2) is 14.1 Å². The highest BCUT2D eigenvalue weighted by Crippen LogP contribution is 2.26. The van der Waals surface area contributed by atoms with Crippen LogP contribution in [-0.2, 0) is 0 Å². The van der Waals surface area contributed by atoms with Crippen molar-refractivity contribution in [3.8, 4) is 6.07 Å². The lowest BCUT2D eigenvalue weighted by molar-refractivity contribution is -0.360. The summed E-state index contributed by atoms with van der Waals surface area (Å²) >= 11 is 0. The van der Waals surface area contributed by atoms with Gasteiger partial charge in [0.05, 0.1) is 11.9 Å². The van der Waals surface area contributed by atoms with Crippen molar-refractivity contribution in [2.24, 2.45) is 0 Å². The predicted octanol–water partition coefficient (Wildman–Crippen LogP) is 2.80. The summed E-state index contributed by atoms with van der Waals surface area (Å²) in [5.74, 6) is 0.715. The van der Waals surface area contributed by atoms with E-state index in [2.05, 4.69) is 41.5 Å². The first kappa shape index (κ1) is 13.9. The smallest absolute Gasteiger partial charge is 0.297 e. The second kappa shape index (κ2) is 5.62. The predicted molar refractivity (Wildman–Crippen MR) is 81.2 cm³/mol. The fourth-order valence-electron chi connectivity index (χ4n) is 2.08. The normalized spacial score (nSPS) is 9.95. The van der Waals surface area contributed by atoms with E-state index < -0.39 is 0 Å². The molecule has 2 N–H and O–H groups in total. The third-order valence-electron chi connectivity index (χ3n) is 3.22. The Balaban J connectivity index is 2.47. The molecule has 0 saturated heterocycles. The third-order valence-corrected chi connectivity index (χ3v) is 3.22. The molecule has 0 aliphatic carbocycles. The van der Waals surface area contributed by atoms with Gasteiger partial charge in [-0.25, -0.2) is 10.3 Å². The SMILES string of the molecule is Cc1ccc(C)c(Nc2[nH+]ccc(N(C)C)c2C#N)c1. The number of nitriles is 1. The Labute approximate surface area is 119 Å². The molecule has 0 amide bonds. The van der Waals surface area contributed by atoms with Crippen LogP contribution in [0.1, 0.15) is 16.7 Å². The molecular weight excluding hydrogens is 248 g/mol. The standard InChI is InChI=1S/C16H18N4/c1-11-5-6-12(2)14(9-11)19-16-13(10-17)15(20(3)4)7-8-18-16/h5-9H,1-4H3,(H,18,19)/p+1. The van der Waals surface area contributed by atoms with Crippen LogP contribution in [0, 0.1) is 25.2 Å². The minimum Gasteiger partial charge on any atom is -0.376 e. The lowest BCUT2D eigenvalue weighted by Crippen LogP contribution is -2.17. The molecule has 0 unspecified atom stereocenters. The second-order valence-electron chi connectivity index (χ2n) is 5.06. The van der Waals surface area contributed by atoms with E-state index >= 15 is 0 Å². The number of aryl methyl sites for hydroxylation is 2. The number of rotatable bonds is 3. The van der Waals surface area contributed by atoms with Crippen LogP contribution in [0.4, 0.5) is 17.2 Å². The van der Waals surface area contributed by atoms with Crippen LogP contribution >= 0.6 is 0 Å². The summed E-state index contributed by atoms with van der Waals surface area (Å²) in [5.41, 5.74) is 4.83. The summed E-state index contributed by atoms with van der Waals surface area (Å²) in [7, 11) is 3.86. The maximum Gasteiger partial charge on any atom is 0.297 e. The zero-order chi connectivity index (χ0) is 14.7. The number of anilines is 3. The molecule has 0 fully saturated rings. The molecule has 4 heteroatoms. The number of hydrogen-bond acceptors (Lipinski definition) is 3. The summed E-state index contributed by atoms with van der Waals surface area (Å²) in [4.78, 5) is 5.05. The van der Waals surface area contributed by atoms with E-state index in [0.717, 1.165) is 16.9 Å². The molecule has 0 spiro atoms. The lowest BCUT2D eigenvalue weighted by atomic mass is 10.1. The molecule has 0 bridgehead atoms. The average Bonchev–Trinajstić information content (AvgIpc) is 2.42. The van der Waals surface area contributed by atoms with Crippen LogP contribution in [0.3, 0.4) is 0 Å². The molecule has 1 aromatic heterocycles. The molecule has 0 aliphatic heterocycles. The number of pyridine rings is 1. The highest BCUT2D eigenvalue weighted by molar-refractivity contribution is 5.71. The van der Waals surface area contributed by atoms with Crippen LogP contribution in [0.2, 0.25) is 0 Å². The summed E-state index contributed by atoms with van der Waals surface area (Å²) in [6.45, 7) is 4.10. The minimum absolute atomic E-state index is 0.610. The van der Waals surface area contributed by atoms with Crippen molar-refractivity contribution in [3.05, 3.63) is 47.2 Å².